The van der Waals surface area contributed by atoms with E-state index in [-0.39, 0.29) is 0 Å². The Labute approximate surface area is 132 Å². The topological polar surface area (TPSA) is 30.7 Å². The molecule has 0 saturated carbocycles. The van der Waals surface area contributed by atoms with E-state index in [4.69, 9.17) is 0 Å². The van der Waals surface area contributed by atoms with E-state index in [2.05, 4.69) is 52.5 Å². The van der Waals surface area contributed by atoms with Crippen LogP contribution >= 0.6 is 11.3 Å². The zero-order valence-corrected chi connectivity index (χ0v) is 12.6. The molecule has 0 saturated heterocycles. The summed E-state index contributed by atoms with van der Waals surface area (Å²) in [6.45, 7) is 0. The van der Waals surface area contributed by atoms with Gasteiger partial charge in [0, 0.05) is 18.1 Å². The SMILES string of the molecule is C(=C\c1nc2ccccc2s1)/c1ccc(-n2ccnc2)cc1. The van der Waals surface area contributed by atoms with Crippen molar-refractivity contribution in [1.29, 1.82) is 0 Å². The molecule has 22 heavy (non-hydrogen) atoms. The van der Waals surface area contributed by atoms with Crippen molar-refractivity contribution in [3.05, 3.63) is 77.8 Å². The molecule has 106 valence electrons. The largest absolute Gasteiger partial charge is 0.306 e. The first-order valence-corrected chi connectivity index (χ1v) is 7.82. The second-order valence-corrected chi connectivity index (χ2v) is 5.98. The van der Waals surface area contributed by atoms with Crippen molar-refractivity contribution in [2.45, 2.75) is 0 Å². The van der Waals surface area contributed by atoms with Crippen molar-refractivity contribution in [3.63, 3.8) is 0 Å². The van der Waals surface area contributed by atoms with Gasteiger partial charge in [0.2, 0.25) is 0 Å². The molecule has 0 amide bonds. The molecule has 2 aromatic heterocycles. The normalized spacial score (nSPS) is 11.5. The predicted octanol–water partition coefficient (Wildman–Crippen LogP) is 4.65. The van der Waals surface area contributed by atoms with Crippen LogP contribution in [0.1, 0.15) is 10.6 Å². The number of benzene rings is 2. The van der Waals surface area contributed by atoms with Crippen LogP contribution < -0.4 is 0 Å². The zero-order chi connectivity index (χ0) is 14.8. The van der Waals surface area contributed by atoms with Gasteiger partial charge in [-0.2, -0.15) is 0 Å². The van der Waals surface area contributed by atoms with Gasteiger partial charge in [0.1, 0.15) is 5.01 Å². The lowest BCUT2D eigenvalue weighted by molar-refractivity contribution is 1.06. The molecule has 0 bridgehead atoms. The Bertz CT molecular complexity index is 886. The smallest absolute Gasteiger partial charge is 0.117 e. The molecule has 2 aromatic carbocycles. The number of hydrogen-bond donors (Lipinski definition) is 0. The molecule has 0 unspecified atom stereocenters. The number of hydrogen-bond acceptors (Lipinski definition) is 3. The molecule has 0 radical (unpaired) electrons. The van der Waals surface area contributed by atoms with Crippen LogP contribution in [0.3, 0.4) is 0 Å². The lowest BCUT2D eigenvalue weighted by Gasteiger charge is -2.01. The molecule has 4 rings (SSSR count). The first-order chi connectivity index (χ1) is 10.9. The fourth-order valence-electron chi connectivity index (χ4n) is 2.30. The highest BCUT2D eigenvalue weighted by atomic mass is 32.1. The van der Waals surface area contributed by atoms with Gasteiger partial charge in [-0.25, -0.2) is 9.97 Å². The summed E-state index contributed by atoms with van der Waals surface area (Å²) < 4.78 is 3.21. The van der Waals surface area contributed by atoms with Crippen molar-refractivity contribution in [1.82, 2.24) is 14.5 Å². The van der Waals surface area contributed by atoms with E-state index in [0.29, 0.717) is 0 Å². The van der Waals surface area contributed by atoms with E-state index in [9.17, 15) is 0 Å². The number of imidazole rings is 1. The second-order valence-electron chi connectivity index (χ2n) is 4.91. The van der Waals surface area contributed by atoms with Gasteiger partial charge in [0.05, 0.1) is 16.5 Å². The predicted molar refractivity (Wildman–Crippen MR) is 92.1 cm³/mol. The number of para-hydroxylation sites is 1. The molecule has 4 heteroatoms. The van der Waals surface area contributed by atoms with E-state index in [1.165, 1.54) is 4.70 Å². The second kappa shape index (κ2) is 5.58. The third kappa shape index (κ3) is 2.56. The molecule has 0 aliphatic heterocycles. The van der Waals surface area contributed by atoms with Crippen LogP contribution in [0.4, 0.5) is 0 Å². The van der Waals surface area contributed by atoms with Crippen LogP contribution in [-0.4, -0.2) is 14.5 Å². The quantitative estimate of drug-likeness (QED) is 0.551. The van der Waals surface area contributed by atoms with Crippen LogP contribution in [0.5, 0.6) is 0 Å². The molecule has 0 atom stereocenters. The summed E-state index contributed by atoms with van der Waals surface area (Å²) in [6.07, 6.45) is 9.67. The van der Waals surface area contributed by atoms with Crippen LogP contribution in [-0.2, 0) is 0 Å². The highest BCUT2D eigenvalue weighted by Gasteiger charge is 1.99. The zero-order valence-electron chi connectivity index (χ0n) is 11.8. The molecule has 0 aliphatic carbocycles. The number of nitrogens with zero attached hydrogens (tertiary/aromatic N) is 3. The molecular weight excluding hydrogens is 290 g/mol. The Morgan fingerprint density at radius 1 is 0.955 bits per heavy atom. The Hall–Kier alpha value is -2.72. The van der Waals surface area contributed by atoms with Crippen molar-refractivity contribution >= 4 is 33.7 Å². The van der Waals surface area contributed by atoms with Crippen molar-refractivity contribution in [2.24, 2.45) is 0 Å². The minimum Gasteiger partial charge on any atom is -0.306 e. The Morgan fingerprint density at radius 2 is 1.82 bits per heavy atom. The van der Waals surface area contributed by atoms with Crippen LogP contribution in [0.2, 0.25) is 0 Å². The van der Waals surface area contributed by atoms with Crippen molar-refractivity contribution < 1.29 is 0 Å². The minimum atomic E-state index is 1.03. The average Bonchev–Trinajstić information content (AvgIpc) is 3.22. The molecule has 3 nitrogen and oxygen atoms in total. The number of thiazole rings is 1. The van der Waals surface area contributed by atoms with Gasteiger partial charge >= 0.3 is 0 Å². The fourth-order valence-corrected chi connectivity index (χ4v) is 3.17. The molecular formula is C18H13N3S. The fraction of sp³-hybridized carbons (Fsp3) is 0. The molecule has 0 fully saturated rings. The minimum absolute atomic E-state index is 1.03. The van der Waals surface area contributed by atoms with Gasteiger partial charge < -0.3 is 4.57 Å². The van der Waals surface area contributed by atoms with E-state index < -0.39 is 0 Å². The molecule has 4 aromatic rings. The van der Waals surface area contributed by atoms with Gasteiger partial charge in [0.15, 0.2) is 0 Å². The van der Waals surface area contributed by atoms with Gasteiger partial charge in [0.25, 0.3) is 0 Å². The van der Waals surface area contributed by atoms with E-state index >= 15 is 0 Å². The lowest BCUT2D eigenvalue weighted by Crippen LogP contribution is -1.88. The van der Waals surface area contributed by atoms with E-state index in [1.54, 1.807) is 23.9 Å². The third-order valence-electron chi connectivity index (χ3n) is 3.42. The summed E-state index contributed by atoms with van der Waals surface area (Å²) in [5.41, 5.74) is 3.32. The third-order valence-corrected chi connectivity index (χ3v) is 4.43. The summed E-state index contributed by atoms with van der Waals surface area (Å²) >= 11 is 1.71. The first kappa shape index (κ1) is 13.0. The Balaban J connectivity index is 1.57. The number of rotatable bonds is 3. The summed E-state index contributed by atoms with van der Waals surface area (Å²) in [5.74, 6) is 0. The summed E-state index contributed by atoms with van der Waals surface area (Å²) in [4.78, 5) is 8.67. The Kier molecular flexibility index (Phi) is 3.29. The maximum atomic E-state index is 4.61. The van der Waals surface area contributed by atoms with Crippen molar-refractivity contribution in [3.8, 4) is 5.69 Å². The van der Waals surface area contributed by atoms with Crippen LogP contribution in [0.15, 0.2) is 67.3 Å². The Morgan fingerprint density at radius 3 is 2.59 bits per heavy atom. The summed E-state index contributed by atoms with van der Waals surface area (Å²) in [5, 5.41) is 1.03. The summed E-state index contributed by atoms with van der Waals surface area (Å²) in [7, 11) is 0. The van der Waals surface area contributed by atoms with E-state index in [1.807, 2.05) is 29.0 Å². The maximum absolute atomic E-state index is 4.61. The number of fused-ring (bicyclic) bond motifs is 1. The van der Waals surface area contributed by atoms with Gasteiger partial charge in [-0.1, -0.05) is 30.3 Å². The van der Waals surface area contributed by atoms with E-state index in [0.717, 1.165) is 21.8 Å². The lowest BCUT2D eigenvalue weighted by atomic mass is 10.2. The van der Waals surface area contributed by atoms with Gasteiger partial charge in [-0.15, -0.1) is 11.3 Å². The van der Waals surface area contributed by atoms with Gasteiger partial charge in [-0.3, -0.25) is 0 Å². The average molecular weight is 303 g/mol. The first-order valence-electron chi connectivity index (χ1n) is 7.00. The van der Waals surface area contributed by atoms with Crippen molar-refractivity contribution in [2.75, 3.05) is 0 Å². The van der Waals surface area contributed by atoms with Crippen LogP contribution in [0.25, 0.3) is 28.1 Å². The highest BCUT2D eigenvalue weighted by Crippen LogP contribution is 2.23. The van der Waals surface area contributed by atoms with Crippen LogP contribution in [0, 0.1) is 0 Å². The van der Waals surface area contributed by atoms with Gasteiger partial charge in [-0.05, 0) is 35.9 Å². The summed E-state index contributed by atoms with van der Waals surface area (Å²) in [6, 6.07) is 16.6. The molecule has 0 aliphatic rings. The standard InChI is InChI=1S/C18H13N3S/c1-2-4-17-16(3-1)20-18(22-17)10-7-14-5-8-15(9-6-14)21-12-11-19-13-21/h1-13H/b10-7+. The number of aromatic nitrogens is 3. The molecule has 0 spiro atoms. The molecule has 0 N–H and O–H groups in total. The highest BCUT2D eigenvalue weighted by molar-refractivity contribution is 7.19. The maximum Gasteiger partial charge on any atom is 0.117 e. The molecule has 2 heterocycles. The monoisotopic (exact) mass is 303 g/mol.